The summed E-state index contributed by atoms with van der Waals surface area (Å²) in [5.74, 6) is -0.922. The highest BCUT2D eigenvalue weighted by Crippen LogP contribution is 2.43. The summed E-state index contributed by atoms with van der Waals surface area (Å²) in [5.41, 5.74) is 5.38. The van der Waals surface area contributed by atoms with E-state index in [-0.39, 0.29) is 32.6 Å². The lowest BCUT2D eigenvalue weighted by atomic mass is 10.1. The molecule has 0 aromatic rings. The first-order valence-electron chi connectivity index (χ1n) is 30.6. The Kier molecular flexibility index (Phi) is 59.5. The Morgan fingerprint density at radius 2 is 0.642 bits per heavy atom. The summed E-state index contributed by atoms with van der Waals surface area (Å²) in [7, 11) is -4.42. The van der Waals surface area contributed by atoms with Gasteiger partial charge >= 0.3 is 19.8 Å². The molecule has 0 spiro atoms. The van der Waals surface area contributed by atoms with Gasteiger partial charge in [-0.15, -0.1) is 0 Å². The third-order valence-electron chi connectivity index (χ3n) is 11.7. The van der Waals surface area contributed by atoms with Crippen LogP contribution in [0, 0.1) is 0 Å². The van der Waals surface area contributed by atoms with Crippen molar-refractivity contribution in [3.05, 3.63) is 207 Å². The zero-order chi connectivity index (χ0) is 58.7. The van der Waals surface area contributed by atoms with Crippen LogP contribution in [0.3, 0.4) is 0 Å². The van der Waals surface area contributed by atoms with Gasteiger partial charge in [-0.25, -0.2) is 4.57 Å². The minimum absolute atomic E-state index is 0.0309. The van der Waals surface area contributed by atoms with Crippen molar-refractivity contribution in [1.82, 2.24) is 0 Å². The van der Waals surface area contributed by atoms with E-state index >= 15 is 0 Å². The molecule has 0 radical (unpaired) electrons. The van der Waals surface area contributed by atoms with Crippen molar-refractivity contribution in [2.45, 2.75) is 200 Å². The number of hydrogen-bond acceptors (Lipinski definition) is 8. The topological polar surface area (TPSA) is 134 Å². The number of phosphoric acid groups is 1. The van der Waals surface area contributed by atoms with E-state index in [1.807, 2.05) is 0 Å². The normalized spacial score (nSPS) is 14.5. The molecule has 2 atom stereocenters. The van der Waals surface area contributed by atoms with E-state index < -0.39 is 32.5 Å². The van der Waals surface area contributed by atoms with Crippen LogP contribution in [0.2, 0.25) is 0 Å². The molecule has 450 valence electrons. The summed E-state index contributed by atoms with van der Waals surface area (Å²) in [6.45, 7) is 3.40. The number of phosphoric ester groups is 1. The second-order valence-corrected chi connectivity index (χ2v) is 20.6. The van der Waals surface area contributed by atoms with Crippen LogP contribution in [0.15, 0.2) is 207 Å². The lowest BCUT2D eigenvalue weighted by Crippen LogP contribution is -2.29. The maximum atomic E-state index is 12.7. The molecular formula is C71H108NO8P. The molecular weight excluding hydrogens is 1030 g/mol. The van der Waals surface area contributed by atoms with Gasteiger partial charge in [-0.2, -0.15) is 0 Å². The third kappa shape index (κ3) is 63.6. The molecule has 0 saturated carbocycles. The number of carbonyl (C=O) groups is 2. The van der Waals surface area contributed by atoms with E-state index in [2.05, 4.69) is 220 Å². The SMILES string of the molecule is CC/C=C\C/C=C\C/C=C\C/C=C\C/C=C\C/C=C\C/C=C\C/C=C\C/C=C\CCCCCCCC(=O)OC(COC(=O)CCCC/C=C\C/C=C\C/C=C\C/C=C\C/C=C\C/C=C\C/C=C\C/C=C\CC)COP(=O)(O)OCCN. The number of allylic oxidation sites excluding steroid dienone is 34. The molecule has 0 fully saturated rings. The number of unbranched alkanes of at least 4 members (excludes halogenated alkanes) is 7. The van der Waals surface area contributed by atoms with Crippen molar-refractivity contribution in [1.29, 1.82) is 0 Å². The van der Waals surface area contributed by atoms with Crippen molar-refractivity contribution < 1.29 is 37.6 Å². The van der Waals surface area contributed by atoms with Gasteiger partial charge in [0.15, 0.2) is 6.10 Å². The van der Waals surface area contributed by atoms with Gasteiger partial charge in [0.05, 0.1) is 13.2 Å². The molecule has 0 aromatic heterocycles. The van der Waals surface area contributed by atoms with E-state index in [1.165, 1.54) is 0 Å². The lowest BCUT2D eigenvalue weighted by molar-refractivity contribution is -0.161. The molecule has 0 aliphatic heterocycles. The second kappa shape index (κ2) is 63.8. The summed E-state index contributed by atoms with van der Waals surface area (Å²) in [6.07, 6.45) is 98.8. The Labute approximate surface area is 493 Å². The van der Waals surface area contributed by atoms with E-state index in [1.54, 1.807) is 0 Å². The highest BCUT2D eigenvalue weighted by molar-refractivity contribution is 7.47. The Balaban J connectivity index is 4.18. The van der Waals surface area contributed by atoms with Gasteiger partial charge in [0.1, 0.15) is 6.61 Å². The fraction of sp³-hybridized carbons (Fsp3) is 0.493. The predicted octanol–water partition coefficient (Wildman–Crippen LogP) is 20.0. The molecule has 0 rings (SSSR count). The first kappa shape index (κ1) is 75.6. The standard InChI is InChI=1S/C71H108NO8P/c1-3-5-7-9-11-13-15-17-19-21-23-25-27-29-31-32-33-34-35-36-38-40-42-44-46-48-50-52-54-56-58-60-62-64-71(74)80-69(68-79-81(75,76)78-66-65-72)67-77-70(73)63-61-59-57-55-53-51-49-47-45-43-41-39-37-30-28-26-24-22-20-18-16-14-12-10-8-6-4-2/h5-8,11-14,17-20,23-26,29-31,33-34,36-38,41-44,47-50,53,55,69H,3-4,9-10,15-16,21-22,27-28,32,35,39-40,45-46,51-52,54,56-68,72H2,1-2H3,(H,75,76)/b7-5-,8-6-,13-11-,14-12-,19-17-,20-18-,25-23-,26-24-,31-29-,34-33-,37-30-,38-36-,43-41-,44-42-,49-47-,50-48-,55-53-. The molecule has 0 saturated heterocycles. The van der Waals surface area contributed by atoms with Crippen molar-refractivity contribution in [3.63, 3.8) is 0 Å². The molecule has 0 heterocycles. The molecule has 9 nitrogen and oxygen atoms in total. The van der Waals surface area contributed by atoms with Crippen LogP contribution >= 0.6 is 7.82 Å². The van der Waals surface area contributed by atoms with Crippen LogP contribution in [0.25, 0.3) is 0 Å². The van der Waals surface area contributed by atoms with Crippen LogP contribution in [-0.2, 0) is 32.7 Å². The molecule has 81 heavy (non-hydrogen) atoms. The number of ether oxygens (including phenoxy) is 2. The number of rotatable bonds is 54. The minimum atomic E-state index is -4.42. The van der Waals surface area contributed by atoms with E-state index in [9.17, 15) is 19.0 Å². The number of nitrogens with two attached hydrogens (primary N) is 1. The van der Waals surface area contributed by atoms with Gasteiger partial charge in [0.2, 0.25) is 0 Å². The predicted molar refractivity (Wildman–Crippen MR) is 348 cm³/mol. The second-order valence-electron chi connectivity index (χ2n) is 19.1. The van der Waals surface area contributed by atoms with Crippen LogP contribution in [0.1, 0.15) is 194 Å². The van der Waals surface area contributed by atoms with Crippen LogP contribution in [-0.4, -0.2) is 49.3 Å². The smallest absolute Gasteiger partial charge is 0.462 e. The first-order valence-corrected chi connectivity index (χ1v) is 32.1. The number of esters is 2. The van der Waals surface area contributed by atoms with Gasteiger partial charge in [-0.1, -0.05) is 240 Å². The summed E-state index contributed by atoms with van der Waals surface area (Å²) >= 11 is 0. The summed E-state index contributed by atoms with van der Waals surface area (Å²) in [6, 6.07) is 0. The number of carbonyl (C=O) groups excluding carboxylic acids is 2. The maximum Gasteiger partial charge on any atom is 0.472 e. The Hall–Kier alpha value is -5.41. The largest absolute Gasteiger partial charge is 0.472 e. The highest BCUT2D eigenvalue weighted by Gasteiger charge is 2.26. The molecule has 0 aliphatic rings. The fourth-order valence-electron chi connectivity index (χ4n) is 7.23. The van der Waals surface area contributed by atoms with Gasteiger partial charge in [-0.3, -0.25) is 18.6 Å². The molecule has 0 aliphatic carbocycles. The minimum Gasteiger partial charge on any atom is -0.462 e. The number of hydrogen-bond donors (Lipinski definition) is 2. The Morgan fingerprint density at radius 3 is 0.975 bits per heavy atom. The molecule has 10 heteroatoms. The molecule has 0 aromatic carbocycles. The first-order chi connectivity index (χ1) is 39.8. The Bertz CT molecular complexity index is 2070. The third-order valence-corrected chi connectivity index (χ3v) is 12.6. The van der Waals surface area contributed by atoms with Crippen LogP contribution in [0.4, 0.5) is 0 Å². The van der Waals surface area contributed by atoms with Crippen LogP contribution in [0.5, 0.6) is 0 Å². The average Bonchev–Trinajstić information content (AvgIpc) is 3.46. The summed E-state index contributed by atoms with van der Waals surface area (Å²) in [4.78, 5) is 35.2. The van der Waals surface area contributed by atoms with E-state index in [4.69, 9.17) is 24.3 Å². The lowest BCUT2D eigenvalue weighted by Gasteiger charge is -2.19. The van der Waals surface area contributed by atoms with Crippen molar-refractivity contribution in [2.75, 3.05) is 26.4 Å². The van der Waals surface area contributed by atoms with Crippen LogP contribution < -0.4 is 5.73 Å². The van der Waals surface area contributed by atoms with Gasteiger partial charge < -0.3 is 20.1 Å². The van der Waals surface area contributed by atoms with E-state index in [0.29, 0.717) is 12.8 Å². The molecule has 3 N–H and O–H groups in total. The zero-order valence-corrected chi connectivity index (χ0v) is 51.1. The van der Waals surface area contributed by atoms with Crippen molar-refractivity contribution in [2.24, 2.45) is 5.73 Å². The Morgan fingerprint density at radius 1 is 0.370 bits per heavy atom. The van der Waals surface area contributed by atoms with Crippen molar-refractivity contribution >= 4 is 19.8 Å². The monoisotopic (exact) mass is 1130 g/mol. The van der Waals surface area contributed by atoms with Gasteiger partial charge in [-0.05, 0) is 148 Å². The van der Waals surface area contributed by atoms with Gasteiger partial charge in [0, 0.05) is 19.4 Å². The van der Waals surface area contributed by atoms with E-state index in [0.717, 1.165) is 154 Å². The van der Waals surface area contributed by atoms with Crippen molar-refractivity contribution in [3.8, 4) is 0 Å². The zero-order valence-electron chi connectivity index (χ0n) is 50.2. The van der Waals surface area contributed by atoms with Gasteiger partial charge in [0.25, 0.3) is 0 Å². The molecule has 0 bridgehead atoms. The maximum absolute atomic E-state index is 12.7. The summed E-state index contributed by atoms with van der Waals surface area (Å²) < 4.78 is 33.0. The molecule has 2 unspecified atom stereocenters. The fourth-order valence-corrected chi connectivity index (χ4v) is 7.99. The molecule has 0 amide bonds. The average molecular weight is 1130 g/mol. The quantitative estimate of drug-likeness (QED) is 0.0264. The summed E-state index contributed by atoms with van der Waals surface area (Å²) in [5, 5.41) is 0. The highest BCUT2D eigenvalue weighted by atomic mass is 31.2.